The maximum atomic E-state index is 6.32. The van der Waals surface area contributed by atoms with Gasteiger partial charge in [-0.25, -0.2) is 0 Å². The summed E-state index contributed by atoms with van der Waals surface area (Å²) in [6.07, 6.45) is 0. The predicted molar refractivity (Wildman–Crippen MR) is 132 cm³/mol. The van der Waals surface area contributed by atoms with E-state index in [9.17, 15) is 0 Å². The first kappa shape index (κ1) is 17.8. The molecule has 0 radical (unpaired) electrons. The van der Waals surface area contributed by atoms with Crippen LogP contribution in [0.15, 0.2) is 97.1 Å². The van der Waals surface area contributed by atoms with Gasteiger partial charge < -0.3 is 4.74 Å². The molecule has 1 heteroatoms. The third-order valence-corrected chi connectivity index (χ3v) is 7.25. The molecule has 0 saturated heterocycles. The summed E-state index contributed by atoms with van der Waals surface area (Å²) in [5, 5.41) is 2.42. The molecular weight excluding hydrogens is 388 g/mol. The van der Waals surface area contributed by atoms with Crippen LogP contribution in [-0.4, -0.2) is 0 Å². The van der Waals surface area contributed by atoms with Crippen LogP contribution in [0.4, 0.5) is 0 Å². The van der Waals surface area contributed by atoms with Gasteiger partial charge in [0.15, 0.2) is 0 Å². The molecule has 7 rings (SSSR count). The number of fused-ring (bicyclic) bond motifs is 5. The van der Waals surface area contributed by atoms with Crippen molar-refractivity contribution in [2.75, 3.05) is 0 Å². The lowest BCUT2D eigenvalue weighted by molar-refractivity contribution is 0.487. The summed E-state index contributed by atoms with van der Waals surface area (Å²) in [6.45, 7) is 4.69. The van der Waals surface area contributed by atoms with Gasteiger partial charge in [0.05, 0.1) is 0 Å². The average Bonchev–Trinajstić information content (AvgIpc) is 3.07. The molecule has 1 aliphatic carbocycles. The average molecular weight is 411 g/mol. The Kier molecular flexibility index (Phi) is 3.40. The summed E-state index contributed by atoms with van der Waals surface area (Å²) in [7, 11) is 0. The summed E-state index contributed by atoms with van der Waals surface area (Å²) in [6, 6.07) is 35.0. The summed E-state index contributed by atoms with van der Waals surface area (Å²) < 4.78 is 6.32. The van der Waals surface area contributed by atoms with E-state index in [1.807, 2.05) is 0 Å². The van der Waals surface area contributed by atoms with Gasteiger partial charge >= 0.3 is 0 Å². The molecule has 0 atom stereocenters. The first-order valence-electron chi connectivity index (χ1n) is 11.2. The van der Waals surface area contributed by atoms with Crippen molar-refractivity contribution in [3.63, 3.8) is 0 Å². The first-order valence-corrected chi connectivity index (χ1v) is 11.2. The molecule has 0 fully saturated rings. The smallest absolute Gasteiger partial charge is 0.135 e. The minimum Gasteiger partial charge on any atom is -0.456 e. The van der Waals surface area contributed by atoms with Gasteiger partial charge in [0.2, 0.25) is 0 Å². The number of ether oxygens (including phenoxy) is 1. The molecule has 5 aromatic rings. The standard InChI is InChI=1S/C31H22O/c1-31(2)26-14-4-3-10-22(26)24-13-7-11-21(30(24)31)20-16-17-27-25(18-20)23-12-5-8-19-9-6-15-28(32-27)29(19)23/h3-18H,1-2H3. The molecule has 152 valence electrons. The van der Waals surface area contributed by atoms with Crippen molar-refractivity contribution in [1.29, 1.82) is 0 Å². The number of hydrogen-bond acceptors (Lipinski definition) is 1. The highest BCUT2D eigenvalue weighted by atomic mass is 16.5. The van der Waals surface area contributed by atoms with E-state index in [1.54, 1.807) is 0 Å². The molecule has 5 aromatic carbocycles. The van der Waals surface area contributed by atoms with Gasteiger partial charge in [0.1, 0.15) is 11.5 Å². The molecule has 0 unspecified atom stereocenters. The molecule has 1 heterocycles. The van der Waals surface area contributed by atoms with E-state index in [2.05, 4.69) is 111 Å². The van der Waals surface area contributed by atoms with Gasteiger partial charge in [0, 0.05) is 16.4 Å². The SMILES string of the molecule is CC1(C)c2ccccc2-c2cccc(-c3ccc4c(c3)-c3cccc5cccc(c35)O4)c21. The van der Waals surface area contributed by atoms with Crippen LogP contribution in [0.5, 0.6) is 11.5 Å². The Labute approximate surface area is 187 Å². The van der Waals surface area contributed by atoms with Crippen LogP contribution in [0.1, 0.15) is 25.0 Å². The van der Waals surface area contributed by atoms with Gasteiger partial charge in [-0.3, -0.25) is 0 Å². The van der Waals surface area contributed by atoms with Gasteiger partial charge in [0.25, 0.3) is 0 Å². The van der Waals surface area contributed by atoms with Crippen molar-refractivity contribution in [1.82, 2.24) is 0 Å². The second kappa shape index (κ2) is 6.11. The lowest BCUT2D eigenvalue weighted by Crippen LogP contribution is -2.16. The normalized spacial score (nSPS) is 14.4. The third-order valence-electron chi connectivity index (χ3n) is 7.25. The molecule has 0 amide bonds. The van der Waals surface area contributed by atoms with Gasteiger partial charge in [-0.15, -0.1) is 0 Å². The summed E-state index contributed by atoms with van der Waals surface area (Å²) >= 11 is 0. The van der Waals surface area contributed by atoms with E-state index < -0.39 is 0 Å². The van der Waals surface area contributed by atoms with Crippen LogP contribution in [-0.2, 0) is 5.41 Å². The minimum atomic E-state index is -0.0401. The highest BCUT2D eigenvalue weighted by Crippen LogP contribution is 2.53. The fourth-order valence-electron chi connectivity index (χ4n) is 5.82. The van der Waals surface area contributed by atoms with Crippen molar-refractivity contribution in [3.05, 3.63) is 108 Å². The van der Waals surface area contributed by atoms with Crippen molar-refractivity contribution in [3.8, 4) is 44.9 Å². The molecule has 0 bridgehead atoms. The fourth-order valence-corrected chi connectivity index (χ4v) is 5.82. The van der Waals surface area contributed by atoms with E-state index in [0.29, 0.717) is 0 Å². The zero-order chi connectivity index (χ0) is 21.4. The highest BCUT2D eigenvalue weighted by Gasteiger charge is 2.37. The lowest BCUT2D eigenvalue weighted by atomic mass is 9.78. The zero-order valence-electron chi connectivity index (χ0n) is 18.1. The van der Waals surface area contributed by atoms with E-state index in [-0.39, 0.29) is 5.41 Å². The molecule has 0 aromatic heterocycles. The number of rotatable bonds is 1. The minimum absolute atomic E-state index is 0.0401. The van der Waals surface area contributed by atoms with Gasteiger partial charge in [-0.2, -0.15) is 0 Å². The lowest BCUT2D eigenvalue weighted by Gasteiger charge is -2.26. The fraction of sp³-hybridized carbons (Fsp3) is 0.0968. The number of benzene rings is 5. The Balaban J connectivity index is 1.48. The first-order chi connectivity index (χ1) is 15.6. The Morgan fingerprint density at radius 2 is 1.28 bits per heavy atom. The molecule has 1 nitrogen and oxygen atoms in total. The molecule has 32 heavy (non-hydrogen) atoms. The van der Waals surface area contributed by atoms with Gasteiger partial charge in [-0.1, -0.05) is 92.7 Å². The van der Waals surface area contributed by atoms with E-state index in [1.165, 1.54) is 49.7 Å². The van der Waals surface area contributed by atoms with Crippen LogP contribution in [0.25, 0.3) is 44.2 Å². The second-order valence-corrected chi connectivity index (χ2v) is 9.37. The quantitative estimate of drug-likeness (QED) is 0.264. The van der Waals surface area contributed by atoms with E-state index >= 15 is 0 Å². The highest BCUT2D eigenvalue weighted by molar-refractivity contribution is 6.04. The largest absolute Gasteiger partial charge is 0.456 e. The topological polar surface area (TPSA) is 9.23 Å². The Bertz CT molecular complexity index is 1570. The maximum absolute atomic E-state index is 6.32. The Hall–Kier alpha value is -3.84. The van der Waals surface area contributed by atoms with Crippen LogP contribution in [0.2, 0.25) is 0 Å². The monoisotopic (exact) mass is 410 g/mol. The molecule has 0 spiro atoms. The molecule has 1 aliphatic heterocycles. The Morgan fingerprint density at radius 1 is 0.562 bits per heavy atom. The van der Waals surface area contributed by atoms with Crippen molar-refractivity contribution >= 4 is 10.8 Å². The zero-order valence-corrected chi connectivity index (χ0v) is 18.1. The van der Waals surface area contributed by atoms with Crippen molar-refractivity contribution in [2.24, 2.45) is 0 Å². The second-order valence-electron chi connectivity index (χ2n) is 9.37. The third kappa shape index (κ3) is 2.23. The predicted octanol–water partition coefficient (Wildman–Crippen LogP) is 8.59. The molecular formula is C31H22O. The van der Waals surface area contributed by atoms with Crippen LogP contribution >= 0.6 is 0 Å². The summed E-state index contributed by atoms with van der Waals surface area (Å²) in [5.74, 6) is 1.87. The van der Waals surface area contributed by atoms with Crippen LogP contribution in [0, 0.1) is 0 Å². The number of hydrogen-bond donors (Lipinski definition) is 0. The van der Waals surface area contributed by atoms with E-state index in [4.69, 9.17) is 4.74 Å². The summed E-state index contributed by atoms with van der Waals surface area (Å²) in [4.78, 5) is 0. The van der Waals surface area contributed by atoms with Crippen LogP contribution in [0.3, 0.4) is 0 Å². The molecule has 0 N–H and O–H groups in total. The maximum Gasteiger partial charge on any atom is 0.135 e. The molecule has 0 saturated carbocycles. The van der Waals surface area contributed by atoms with E-state index in [0.717, 1.165) is 17.1 Å². The van der Waals surface area contributed by atoms with Gasteiger partial charge in [-0.05, 0) is 62.5 Å². The van der Waals surface area contributed by atoms with Crippen molar-refractivity contribution in [2.45, 2.75) is 19.3 Å². The van der Waals surface area contributed by atoms with Crippen LogP contribution < -0.4 is 4.74 Å². The Morgan fingerprint density at radius 3 is 2.19 bits per heavy atom. The molecule has 2 aliphatic rings. The van der Waals surface area contributed by atoms with Crippen molar-refractivity contribution < 1.29 is 4.74 Å². The summed E-state index contributed by atoms with van der Waals surface area (Å²) in [5.41, 5.74) is 10.4.